The van der Waals surface area contributed by atoms with E-state index < -0.39 is 83.6 Å². The molecule has 37 heavy (non-hydrogen) atoms. The van der Waals surface area contributed by atoms with Gasteiger partial charge in [0.05, 0.1) is 18.9 Å². The van der Waals surface area contributed by atoms with Crippen molar-refractivity contribution in [2.45, 2.75) is 30.6 Å². The lowest BCUT2D eigenvalue weighted by Crippen LogP contribution is -2.64. The second-order valence-corrected chi connectivity index (χ2v) is 8.28. The molecule has 2 unspecified atom stereocenters. The van der Waals surface area contributed by atoms with Crippen molar-refractivity contribution >= 4 is 5.91 Å². The first-order chi connectivity index (χ1) is 17.4. The van der Waals surface area contributed by atoms with Crippen molar-refractivity contribution in [1.29, 1.82) is 0 Å². The molecule has 0 aliphatic carbocycles. The molecule has 2 heterocycles. The van der Waals surface area contributed by atoms with Crippen LogP contribution in [0.3, 0.4) is 0 Å². The Labute approximate surface area is 204 Å². The summed E-state index contributed by atoms with van der Waals surface area (Å²) in [7, 11) is 0.813. The fourth-order valence-corrected chi connectivity index (χ4v) is 3.96. The fraction of sp³-hybridized carbons (Fsp3) is 0.318. The van der Waals surface area contributed by atoms with E-state index in [9.17, 15) is 46.5 Å². The van der Waals surface area contributed by atoms with Crippen molar-refractivity contribution < 1.29 is 51.2 Å². The second kappa shape index (κ2) is 9.74. The molecule has 15 heteroatoms. The van der Waals surface area contributed by atoms with Gasteiger partial charge in [-0.25, -0.2) is 31.0 Å². The molecule has 9 nitrogen and oxygen atoms in total. The third kappa shape index (κ3) is 4.43. The van der Waals surface area contributed by atoms with Crippen molar-refractivity contribution in [3.05, 3.63) is 70.9 Å². The van der Waals surface area contributed by atoms with Crippen molar-refractivity contribution in [1.82, 2.24) is 19.9 Å². The number of amides is 1. The first-order valence-electron chi connectivity index (χ1n) is 10.5. The summed E-state index contributed by atoms with van der Waals surface area (Å²) in [6.45, 7) is -0.776. The summed E-state index contributed by atoms with van der Waals surface area (Å²) in [4.78, 5) is 13.1. The van der Waals surface area contributed by atoms with Gasteiger partial charge in [-0.15, -0.1) is 5.10 Å². The maximum atomic E-state index is 14.2. The van der Waals surface area contributed by atoms with Gasteiger partial charge in [-0.3, -0.25) is 4.79 Å². The van der Waals surface area contributed by atoms with Gasteiger partial charge < -0.3 is 25.0 Å². The highest BCUT2D eigenvalue weighted by molar-refractivity contribution is 5.95. The summed E-state index contributed by atoms with van der Waals surface area (Å²) in [6, 6.07) is 5.17. The molecule has 0 saturated carbocycles. The summed E-state index contributed by atoms with van der Waals surface area (Å²) < 4.78 is 88.8. The molecule has 4 rings (SSSR count). The molecule has 1 aliphatic heterocycles. The maximum absolute atomic E-state index is 14.2. The van der Waals surface area contributed by atoms with Crippen molar-refractivity contribution in [3.63, 3.8) is 0 Å². The molecule has 2 aromatic carbocycles. The van der Waals surface area contributed by atoms with Crippen molar-refractivity contribution in [3.8, 4) is 11.3 Å². The predicted octanol–water partition coefficient (Wildman–Crippen LogP) is 1.67. The standard InChI is InChI=1S/C22H18F6N4O5/c1-31(20(35)13-14(24)16(26)18(28)17(27)15(13)25)21-19(34)22(36,6-11(8-33)37-21)32-7-12(29-30-32)9-3-2-4-10(23)5-9/h2-5,7,11,19,21,33-34,36H,6,8H2,1H3/t11?,19?,21-,22+/m1/s1. The SMILES string of the molecule is CN(C(=O)c1c(F)c(F)c(F)c(F)c1F)[C@@H]1OC(CO)C[C@@](O)(n2cc(-c3cccc(F)c3)nn2)C1O. The lowest BCUT2D eigenvalue weighted by Gasteiger charge is -2.46. The molecule has 3 aromatic rings. The van der Waals surface area contributed by atoms with Crippen LogP contribution in [0.4, 0.5) is 26.3 Å². The van der Waals surface area contributed by atoms with Crippen molar-refractivity contribution in [2.24, 2.45) is 0 Å². The Morgan fingerprint density at radius 1 is 1.14 bits per heavy atom. The highest BCUT2D eigenvalue weighted by Crippen LogP contribution is 2.36. The van der Waals surface area contributed by atoms with E-state index in [1.54, 1.807) is 0 Å². The van der Waals surface area contributed by atoms with Gasteiger partial charge in [0, 0.05) is 19.0 Å². The summed E-state index contributed by atoms with van der Waals surface area (Å²) >= 11 is 0. The Kier molecular flexibility index (Phi) is 6.98. The molecule has 1 amide bonds. The third-order valence-electron chi connectivity index (χ3n) is 5.94. The minimum Gasteiger partial charge on any atom is -0.394 e. The number of likely N-dealkylation sites (N-methyl/N-ethyl adjacent to an activating group) is 1. The number of nitrogens with zero attached hydrogens (tertiary/aromatic N) is 4. The van der Waals surface area contributed by atoms with Gasteiger partial charge in [0.25, 0.3) is 5.91 Å². The van der Waals surface area contributed by atoms with E-state index in [1.165, 1.54) is 18.2 Å². The Hall–Kier alpha value is -3.53. The van der Waals surface area contributed by atoms with Gasteiger partial charge in [0.15, 0.2) is 35.2 Å². The quantitative estimate of drug-likeness (QED) is 0.260. The van der Waals surface area contributed by atoms with E-state index in [0.717, 1.165) is 24.0 Å². The first kappa shape index (κ1) is 26.5. The number of carbonyl (C=O) groups is 1. The van der Waals surface area contributed by atoms with Crippen LogP contribution in [0, 0.1) is 34.9 Å². The Balaban J connectivity index is 1.70. The monoisotopic (exact) mass is 532 g/mol. The van der Waals surface area contributed by atoms with Crippen LogP contribution in [0.25, 0.3) is 11.3 Å². The van der Waals surface area contributed by atoms with Gasteiger partial charge in [-0.05, 0) is 12.1 Å². The number of benzene rings is 2. The number of hydrogen-bond donors (Lipinski definition) is 3. The van der Waals surface area contributed by atoms with Gasteiger partial charge >= 0.3 is 0 Å². The zero-order valence-electron chi connectivity index (χ0n) is 18.7. The molecule has 0 radical (unpaired) electrons. The summed E-state index contributed by atoms with van der Waals surface area (Å²) in [5.41, 5.74) is -3.96. The Bertz CT molecular complexity index is 1330. The lowest BCUT2D eigenvalue weighted by atomic mass is 9.93. The number of hydrogen-bond acceptors (Lipinski definition) is 7. The highest BCUT2D eigenvalue weighted by Gasteiger charge is 2.53. The number of carbonyl (C=O) groups excluding carboxylic acids is 1. The average Bonchev–Trinajstić information content (AvgIpc) is 3.39. The third-order valence-corrected chi connectivity index (χ3v) is 5.94. The van der Waals surface area contributed by atoms with Crippen LogP contribution in [-0.2, 0) is 10.5 Å². The van der Waals surface area contributed by atoms with Gasteiger partial charge in [-0.2, -0.15) is 0 Å². The molecule has 1 aromatic heterocycles. The molecule has 0 bridgehead atoms. The normalized spacial score (nSPS) is 23.8. The van der Waals surface area contributed by atoms with Crippen molar-refractivity contribution in [2.75, 3.05) is 13.7 Å². The molecular weight excluding hydrogens is 514 g/mol. The molecule has 1 saturated heterocycles. The second-order valence-electron chi connectivity index (χ2n) is 8.28. The first-order valence-corrected chi connectivity index (χ1v) is 10.5. The molecule has 0 spiro atoms. The Morgan fingerprint density at radius 3 is 2.35 bits per heavy atom. The molecule has 1 aliphatic rings. The summed E-state index contributed by atoms with van der Waals surface area (Å²) in [5, 5.41) is 39.4. The van der Waals surface area contributed by atoms with Crippen LogP contribution >= 0.6 is 0 Å². The zero-order valence-corrected chi connectivity index (χ0v) is 18.7. The van der Waals surface area contributed by atoms with Crippen LogP contribution < -0.4 is 0 Å². The Morgan fingerprint density at radius 2 is 1.76 bits per heavy atom. The number of halogens is 6. The molecule has 198 valence electrons. The smallest absolute Gasteiger partial charge is 0.261 e. The van der Waals surface area contributed by atoms with E-state index in [-0.39, 0.29) is 11.3 Å². The number of aliphatic hydroxyl groups excluding tert-OH is 2. The highest BCUT2D eigenvalue weighted by atomic mass is 19.2. The minimum atomic E-state index is -2.47. The average molecular weight is 532 g/mol. The van der Waals surface area contributed by atoms with E-state index in [1.807, 2.05) is 0 Å². The predicted molar refractivity (Wildman–Crippen MR) is 110 cm³/mol. The lowest BCUT2D eigenvalue weighted by molar-refractivity contribution is -0.282. The number of aliphatic hydroxyl groups is 3. The van der Waals surface area contributed by atoms with E-state index in [2.05, 4.69) is 10.3 Å². The fourth-order valence-electron chi connectivity index (χ4n) is 3.96. The maximum Gasteiger partial charge on any atom is 0.261 e. The van der Waals surface area contributed by atoms with Gasteiger partial charge in [-0.1, -0.05) is 17.3 Å². The number of rotatable bonds is 5. The molecule has 4 atom stereocenters. The topological polar surface area (TPSA) is 121 Å². The van der Waals surface area contributed by atoms with E-state index >= 15 is 0 Å². The minimum absolute atomic E-state index is 0.0644. The summed E-state index contributed by atoms with van der Waals surface area (Å²) in [5.74, 6) is -14.4. The largest absolute Gasteiger partial charge is 0.394 e. The van der Waals surface area contributed by atoms with Crippen LogP contribution in [0.2, 0.25) is 0 Å². The molecule has 3 N–H and O–H groups in total. The number of ether oxygens (including phenoxy) is 1. The van der Waals surface area contributed by atoms with Crippen LogP contribution in [0.1, 0.15) is 16.8 Å². The van der Waals surface area contributed by atoms with Crippen LogP contribution in [0.15, 0.2) is 30.5 Å². The van der Waals surface area contributed by atoms with E-state index in [0.29, 0.717) is 4.90 Å². The number of aromatic nitrogens is 3. The van der Waals surface area contributed by atoms with Crippen LogP contribution in [-0.4, -0.2) is 73.2 Å². The van der Waals surface area contributed by atoms with Crippen LogP contribution in [0.5, 0.6) is 0 Å². The molecule has 1 fully saturated rings. The summed E-state index contributed by atoms with van der Waals surface area (Å²) in [6.07, 6.45) is -4.82. The van der Waals surface area contributed by atoms with Gasteiger partial charge in [0.1, 0.15) is 23.2 Å². The zero-order chi connectivity index (χ0) is 27.2. The van der Waals surface area contributed by atoms with E-state index in [4.69, 9.17) is 4.74 Å². The molecular formula is C22H18F6N4O5. The van der Waals surface area contributed by atoms with Gasteiger partial charge in [0.2, 0.25) is 5.82 Å².